The molecule has 0 saturated heterocycles. The smallest absolute Gasteiger partial charge is 0.330 e. The third-order valence-electron chi connectivity index (χ3n) is 4.42. The van der Waals surface area contributed by atoms with Crippen LogP contribution in [-0.4, -0.2) is 34.4 Å². The van der Waals surface area contributed by atoms with Gasteiger partial charge in [-0.3, -0.25) is 10.5 Å². The summed E-state index contributed by atoms with van der Waals surface area (Å²) in [5.41, 5.74) is 12.2. The highest BCUT2D eigenvalue weighted by Crippen LogP contribution is 2.34. The number of unbranched alkanes of at least 4 members (excludes halogenated alkanes) is 1. The van der Waals surface area contributed by atoms with E-state index in [2.05, 4.69) is 9.97 Å². The van der Waals surface area contributed by atoms with E-state index in [0.717, 1.165) is 0 Å². The predicted molar refractivity (Wildman–Crippen MR) is 103 cm³/mol. The third-order valence-corrected chi connectivity index (χ3v) is 4.42. The van der Waals surface area contributed by atoms with Crippen molar-refractivity contribution < 1.29 is 23.8 Å². The summed E-state index contributed by atoms with van der Waals surface area (Å²) < 4.78 is 15.5. The summed E-state index contributed by atoms with van der Waals surface area (Å²) in [5, 5.41) is 8.73. The monoisotopic (exact) mass is 411 g/mol. The van der Waals surface area contributed by atoms with Crippen LogP contribution in [0.5, 0.6) is 11.5 Å². The number of hydrogen-bond acceptors (Lipinski definition) is 10. The summed E-state index contributed by atoms with van der Waals surface area (Å²) in [5.74, 6) is -1.33. The fourth-order valence-electron chi connectivity index (χ4n) is 2.95. The van der Waals surface area contributed by atoms with Crippen molar-refractivity contribution in [2.24, 2.45) is 11.5 Å². The normalized spacial score (nSPS) is 16.4. The maximum Gasteiger partial charge on any atom is 0.330 e. The Hall–Kier alpha value is -3.55. The lowest BCUT2D eigenvalue weighted by Gasteiger charge is -2.15. The zero-order chi connectivity index (χ0) is 21.5. The molecular formula is C20H21N5O5. The zero-order valence-electron chi connectivity index (χ0n) is 16.1. The Morgan fingerprint density at radius 2 is 1.93 bits per heavy atom. The lowest BCUT2D eigenvalue weighted by Crippen LogP contribution is -2.37. The summed E-state index contributed by atoms with van der Waals surface area (Å²) in [7, 11) is 0. The van der Waals surface area contributed by atoms with Crippen LogP contribution in [0.4, 0.5) is 0 Å². The van der Waals surface area contributed by atoms with Crippen LogP contribution in [0.15, 0.2) is 36.7 Å². The summed E-state index contributed by atoms with van der Waals surface area (Å²) in [6.07, 6.45) is 3.22. The van der Waals surface area contributed by atoms with Gasteiger partial charge in [0.1, 0.15) is 17.8 Å². The van der Waals surface area contributed by atoms with E-state index < -0.39 is 30.3 Å². The number of ether oxygens (including phenoxy) is 3. The molecule has 10 nitrogen and oxygen atoms in total. The second-order valence-corrected chi connectivity index (χ2v) is 6.65. The molecule has 1 aliphatic rings. The minimum absolute atomic E-state index is 0.124. The minimum atomic E-state index is -1.07. The molecule has 1 aromatic heterocycles. The molecule has 4 N–H and O–H groups in total. The van der Waals surface area contributed by atoms with Gasteiger partial charge in [-0.2, -0.15) is 5.26 Å². The zero-order valence-corrected chi connectivity index (χ0v) is 16.1. The number of nitriles is 1. The predicted octanol–water partition coefficient (Wildman–Crippen LogP) is 0.907. The van der Waals surface area contributed by atoms with Crippen molar-refractivity contribution in [1.82, 2.24) is 9.97 Å². The summed E-state index contributed by atoms with van der Waals surface area (Å²) in [4.78, 5) is 33.1. The van der Waals surface area contributed by atoms with Gasteiger partial charge in [-0.05, 0) is 43.0 Å². The van der Waals surface area contributed by atoms with E-state index in [4.69, 9.17) is 30.9 Å². The Bertz CT molecular complexity index is 946. The van der Waals surface area contributed by atoms with Gasteiger partial charge >= 0.3 is 11.9 Å². The molecule has 156 valence electrons. The molecule has 1 aromatic carbocycles. The summed E-state index contributed by atoms with van der Waals surface area (Å²) >= 11 is 0. The van der Waals surface area contributed by atoms with Gasteiger partial charge in [-0.1, -0.05) is 6.07 Å². The standard InChI is InChI=1S/C20H21N5O5/c21-7-2-1-4-13(17-24-8-3-9-25-17)18(26)30-19(27)14(22)10-12-5-6-15-16(11-12)29-20(23)28-15/h3,5-6,8-9,11,13-14,20H,1-2,4,10,22-23H2. The highest BCUT2D eigenvalue weighted by molar-refractivity contribution is 5.91. The Morgan fingerprint density at radius 3 is 2.67 bits per heavy atom. The first-order valence-corrected chi connectivity index (χ1v) is 9.34. The molecular weight excluding hydrogens is 390 g/mol. The molecule has 0 bridgehead atoms. The average molecular weight is 411 g/mol. The number of esters is 2. The van der Waals surface area contributed by atoms with Crippen LogP contribution < -0.4 is 20.9 Å². The number of hydrogen-bond donors (Lipinski definition) is 2. The van der Waals surface area contributed by atoms with Crippen molar-refractivity contribution in [2.75, 3.05) is 0 Å². The van der Waals surface area contributed by atoms with E-state index in [1.165, 1.54) is 12.4 Å². The molecule has 2 heterocycles. The molecule has 0 fully saturated rings. The van der Waals surface area contributed by atoms with E-state index in [0.29, 0.717) is 23.5 Å². The van der Waals surface area contributed by atoms with Crippen molar-refractivity contribution >= 4 is 11.9 Å². The fourth-order valence-corrected chi connectivity index (χ4v) is 2.95. The number of fused-ring (bicyclic) bond motifs is 1. The van der Waals surface area contributed by atoms with Crippen LogP contribution in [0.2, 0.25) is 0 Å². The van der Waals surface area contributed by atoms with Gasteiger partial charge in [-0.25, -0.2) is 14.8 Å². The van der Waals surface area contributed by atoms with Crippen molar-refractivity contribution in [3.8, 4) is 17.6 Å². The lowest BCUT2D eigenvalue weighted by atomic mass is 10.0. The van der Waals surface area contributed by atoms with Crippen LogP contribution >= 0.6 is 0 Å². The molecule has 1 aliphatic heterocycles. The topological polar surface area (TPSA) is 163 Å². The Labute approximate surface area is 172 Å². The van der Waals surface area contributed by atoms with E-state index in [1.807, 2.05) is 6.07 Å². The second-order valence-electron chi connectivity index (χ2n) is 6.65. The van der Waals surface area contributed by atoms with Crippen LogP contribution in [0, 0.1) is 11.3 Å². The number of nitrogens with zero attached hydrogens (tertiary/aromatic N) is 3. The fraction of sp³-hybridized carbons (Fsp3) is 0.350. The number of carbonyl (C=O) groups excluding carboxylic acids is 2. The van der Waals surface area contributed by atoms with E-state index in [9.17, 15) is 9.59 Å². The van der Waals surface area contributed by atoms with Crippen molar-refractivity contribution in [2.45, 2.75) is 44.1 Å². The summed E-state index contributed by atoms with van der Waals surface area (Å²) in [6.45, 7) is 0. The minimum Gasteiger partial charge on any atom is -0.438 e. The molecule has 30 heavy (non-hydrogen) atoms. The third kappa shape index (κ3) is 5.28. The van der Waals surface area contributed by atoms with Crippen LogP contribution in [-0.2, 0) is 20.7 Å². The molecule has 0 amide bonds. The van der Waals surface area contributed by atoms with E-state index in [-0.39, 0.29) is 25.1 Å². The van der Waals surface area contributed by atoms with E-state index >= 15 is 0 Å². The quantitative estimate of drug-likeness (QED) is 0.362. The van der Waals surface area contributed by atoms with Crippen LogP contribution in [0.1, 0.15) is 36.6 Å². The SMILES string of the molecule is N#CCCCC(C(=O)OC(=O)C(N)Cc1ccc2c(c1)OC(N)O2)c1ncccn1. The van der Waals surface area contributed by atoms with Crippen LogP contribution in [0.3, 0.4) is 0 Å². The highest BCUT2D eigenvalue weighted by Gasteiger charge is 2.29. The molecule has 0 spiro atoms. The van der Waals surface area contributed by atoms with Crippen molar-refractivity contribution in [3.05, 3.63) is 48.0 Å². The molecule has 0 aliphatic carbocycles. The lowest BCUT2D eigenvalue weighted by molar-refractivity contribution is -0.162. The van der Waals surface area contributed by atoms with Gasteiger partial charge in [0.25, 0.3) is 6.41 Å². The Kier molecular flexibility index (Phi) is 6.90. The van der Waals surface area contributed by atoms with Crippen molar-refractivity contribution in [3.63, 3.8) is 0 Å². The van der Waals surface area contributed by atoms with Gasteiger partial charge in [0, 0.05) is 18.8 Å². The molecule has 0 radical (unpaired) electrons. The van der Waals surface area contributed by atoms with Gasteiger partial charge < -0.3 is 19.9 Å². The Morgan fingerprint density at radius 1 is 1.20 bits per heavy atom. The van der Waals surface area contributed by atoms with Crippen molar-refractivity contribution in [1.29, 1.82) is 5.26 Å². The van der Waals surface area contributed by atoms with Gasteiger partial charge in [-0.15, -0.1) is 0 Å². The second kappa shape index (κ2) is 9.78. The first-order valence-electron chi connectivity index (χ1n) is 9.34. The van der Waals surface area contributed by atoms with Gasteiger partial charge in [0.2, 0.25) is 0 Å². The number of rotatable bonds is 8. The number of aromatic nitrogens is 2. The van der Waals surface area contributed by atoms with Gasteiger partial charge in [0.15, 0.2) is 11.5 Å². The maximum absolute atomic E-state index is 12.6. The number of carbonyl (C=O) groups is 2. The highest BCUT2D eigenvalue weighted by atomic mass is 16.7. The molecule has 10 heteroatoms. The maximum atomic E-state index is 12.6. The average Bonchev–Trinajstić information content (AvgIpc) is 3.11. The van der Waals surface area contributed by atoms with Crippen LogP contribution in [0.25, 0.3) is 0 Å². The molecule has 3 unspecified atom stereocenters. The molecule has 3 atom stereocenters. The molecule has 3 rings (SSSR count). The summed E-state index contributed by atoms with van der Waals surface area (Å²) in [6, 6.07) is 7.61. The first kappa shape index (κ1) is 21.2. The number of nitrogens with two attached hydrogens (primary N) is 2. The Balaban J connectivity index is 1.62. The largest absolute Gasteiger partial charge is 0.438 e. The first-order chi connectivity index (χ1) is 14.5. The molecule has 0 saturated carbocycles. The number of benzene rings is 1. The van der Waals surface area contributed by atoms with Gasteiger partial charge in [0.05, 0.1) is 6.07 Å². The molecule has 2 aromatic rings. The van der Waals surface area contributed by atoms with E-state index in [1.54, 1.807) is 24.3 Å².